The van der Waals surface area contributed by atoms with Gasteiger partial charge in [-0.3, -0.25) is 9.52 Å². The van der Waals surface area contributed by atoms with Crippen molar-refractivity contribution in [1.29, 1.82) is 0 Å². The lowest BCUT2D eigenvalue weighted by Crippen LogP contribution is -2.42. The molecule has 6 heteroatoms. The Labute approximate surface area is 132 Å². The molecule has 1 aromatic rings. The monoisotopic (exact) mass is 324 g/mol. The van der Waals surface area contributed by atoms with E-state index in [2.05, 4.69) is 11.6 Å². The molecule has 0 spiro atoms. The average Bonchev–Trinajstić information content (AvgIpc) is 2.46. The zero-order valence-corrected chi connectivity index (χ0v) is 14.0. The van der Waals surface area contributed by atoms with Crippen molar-refractivity contribution in [2.45, 2.75) is 45.6 Å². The number of carbonyl (C=O) groups is 1. The van der Waals surface area contributed by atoms with Gasteiger partial charge < -0.3 is 4.90 Å². The fourth-order valence-electron chi connectivity index (χ4n) is 2.78. The lowest BCUT2D eigenvalue weighted by molar-refractivity contribution is 0.0635. The summed E-state index contributed by atoms with van der Waals surface area (Å²) in [6.07, 6.45) is 3.76. The topological polar surface area (TPSA) is 66.5 Å². The number of rotatable bonds is 5. The Morgan fingerprint density at radius 3 is 2.82 bits per heavy atom. The van der Waals surface area contributed by atoms with Crippen LogP contribution in [0.5, 0.6) is 0 Å². The summed E-state index contributed by atoms with van der Waals surface area (Å²) >= 11 is 0. The van der Waals surface area contributed by atoms with E-state index in [1.807, 2.05) is 11.8 Å². The molecule has 1 atom stereocenters. The Hall–Kier alpha value is -1.56. The second kappa shape index (κ2) is 7.13. The molecule has 1 unspecified atom stereocenters. The molecule has 22 heavy (non-hydrogen) atoms. The van der Waals surface area contributed by atoms with Crippen molar-refractivity contribution in [1.82, 2.24) is 4.90 Å². The number of benzene rings is 1. The van der Waals surface area contributed by atoms with Gasteiger partial charge in [-0.1, -0.05) is 13.0 Å². The van der Waals surface area contributed by atoms with E-state index in [4.69, 9.17) is 0 Å². The Morgan fingerprint density at radius 2 is 2.14 bits per heavy atom. The second-order valence-electron chi connectivity index (χ2n) is 5.85. The molecule has 5 nitrogen and oxygen atoms in total. The molecule has 122 valence electrons. The van der Waals surface area contributed by atoms with Crippen molar-refractivity contribution in [3.8, 4) is 0 Å². The number of nitrogens with zero attached hydrogens (tertiary/aromatic N) is 1. The zero-order chi connectivity index (χ0) is 16.2. The quantitative estimate of drug-likeness (QED) is 0.905. The number of hydrogen-bond acceptors (Lipinski definition) is 3. The van der Waals surface area contributed by atoms with Crippen LogP contribution in [0.2, 0.25) is 0 Å². The van der Waals surface area contributed by atoms with Crippen LogP contribution in [0.3, 0.4) is 0 Å². The molecule has 1 N–H and O–H groups in total. The number of nitrogens with one attached hydrogen (secondary N) is 1. The molecule has 0 radical (unpaired) electrons. The van der Waals surface area contributed by atoms with Crippen molar-refractivity contribution >= 4 is 21.6 Å². The zero-order valence-electron chi connectivity index (χ0n) is 13.2. The fraction of sp³-hybridized carbons (Fsp3) is 0.562. The summed E-state index contributed by atoms with van der Waals surface area (Å²) in [5.41, 5.74) is 0.981. The van der Waals surface area contributed by atoms with E-state index in [0.29, 0.717) is 17.7 Å². The van der Waals surface area contributed by atoms with E-state index < -0.39 is 10.0 Å². The van der Waals surface area contributed by atoms with Crippen molar-refractivity contribution in [3.63, 3.8) is 0 Å². The normalized spacial score (nSPS) is 19.0. The molecule has 0 aromatic heterocycles. The van der Waals surface area contributed by atoms with Crippen molar-refractivity contribution in [3.05, 3.63) is 29.8 Å². The van der Waals surface area contributed by atoms with Gasteiger partial charge in [0.15, 0.2) is 0 Å². The van der Waals surface area contributed by atoms with Gasteiger partial charge in [0, 0.05) is 23.8 Å². The molecular weight excluding hydrogens is 300 g/mol. The summed E-state index contributed by atoms with van der Waals surface area (Å²) in [5.74, 6) is 0.0534. The maximum absolute atomic E-state index is 12.6. The van der Waals surface area contributed by atoms with E-state index in [1.165, 1.54) is 0 Å². The third-order valence-corrected chi connectivity index (χ3v) is 5.41. The standard InChI is InChI=1S/C16H24N2O3S/c1-3-11-22(20,21)17-15-9-6-8-14(12-15)16(19)18-10-5-4-7-13(18)2/h6,8-9,12-13,17H,3-5,7,10-11H2,1-2H3. The first-order chi connectivity index (χ1) is 10.4. The van der Waals surface area contributed by atoms with Crippen molar-refractivity contribution in [2.24, 2.45) is 0 Å². The minimum Gasteiger partial charge on any atom is -0.336 e. The first-order valence-electron chi connectivity index (χ1n) is 7.84. The minimum atomic E-state index is -3.34. The van der Waals surface area contributed by atoms with Gasteiger partial charge in [0.25, 0.3) is 5.91 Å². The van der Waals surface area contributed by atoms with Crippen LogP contribution >= 0.6 is 0 Å². The number of piperidine rings is 1. The Balaban J connectivity index is 2.15. The fourth-order valence-corrected chi connectivity index (χ4v) is 3.91. The summed E-state index contributed by atoms with van der Waals surface area (Å²) in [6.45, 7) is 4.65. The molecule has 1 fully saturated rings. The van der Waals surface area contributed by atoms with Crippen LogP contribution in [0.25, 0.3) is 0 Å². The van der Waals surface area contributed by atoms with E-state index in [1.54, 1.807) is 24.3 Å². The number of carbonyl (C=O) groups excluding carboxylic acids is 1. The smallest absolute Gasteiger partial charge is 0.254 e. The molecular formula is C16H24N2O3S. The average molecular weight is 324 g/mol. The lowest BCUT2D eigenvalue weighted by atomic mass is 10.0. The number of anilines is 1. The summed E-state index contributed by atoms with van der Waals surface area (Å²) in [4.78, 5) is 14.5. The number of sulfonamides is 1. The first kappa shape index (κ1) is 16.8. The number of hydrogen-bond donors (Lipinski definition) is 1. The van der Waals surface area contributed by atoms with Gasteiger partial charge in [0.1, 0.15) is 0 Å². The summed E-state index contributed by atoms with van der Waals surface area (Å²) < 4.78 is 26.2. The number of amides is 1. The van der Waals surface area contributed by atoms with Crippen LogP contribution in [-0.2, 0) is 10.0 Å². The van der Waals surface area contributed by atoms with Crippen LogP contribution in [0.4, 0.5) is 5.69 Å². The van der Waals surface area contributed by atoms with Gasteiger partial charge in [-0.05, 0) is 50.8 Å². The van der Waals surface area contributed by atoms with Gasteiger partial charge in [0.05, 0.1) is 5.75 Å². The third kappa shape index (κ3) is 4.22. The third-order valence-electron chi connectivity index (χ3n) is 3.92. The highest BCUT2D eigenvalue weighted by atomic mass is 32.2. The molecule has 0 saturated carbocycles. The molecule has 1 saturated heterocycles. The predicted molar refractivity (Wildman–Crippen MR) is 88.5 cm³/mol. The van der Waals surface area contributed by atoms with Crippen molar-refractivity contribution < 1.29 is 13.2 Å². The van der Waals surface area contributed by atoms with Gasteiger partial charge in [0.2, 0.25) is 10.0 Å². The van der Waals surface area contributed by atoms with E-state index in [0.717, 1.165) is 25.8 Å². The Kier molecular flexibility index (Phi) is 5.45. The molecule has 1 aromatic carbocycles. The van der Waals surface area contributed by atoms with E-state index in [9.17, 15) is 13.2 Å². The predicted octanol–water partition coefficient (Wildman–Crippen LogP) is 2.85. The number of likely N-dealkylation sites (tertiary alicyclic amines) is 1. The summed E-state index contributed by atoms with van der Waals surface area (Å²) in [5, 5.41) is 0. The van der Waals surface area contributed by atoms with E-state index in [-0.39, 0.29) is 17.7 Å². The van der Waals surface area contributed by atoms with Crippen LogP contribution in [0.15, 0.2) is 24.3 Å². The largest absolute Gasteiger partial charge is 0.336 e. The highest BCUT2D eigenvalue weighted by Crippen LogP contribution is 2.21. The van der Waals surface area contributed by atoms with Crippen LogP contribution < -0.4 is 4.72 Å². The highest BCUT2D eigenvalue weighted by molar-refractivity contribution is 7.92. The molecule has 0 bridgehead atoms. The van der Waals surface area contributed by atoms with Gasteiger partial charge in [-0.25, -0.2) is 8.42 Å². The summed E-state index contributed by atoms with van der Waals surface area (Å²) in [6, 6.07) is 6.98. The molecule has 1 aliphatic heterocycles. The van der Waals surface area contributed by atoms with Crippen LogP contribution in [0.1, 0.15) is 49.9 Å². The van der Waals surface area contributed by atoms with Gasteiger partial charge in [-0.15, -0.1) is 0 Å². The Morgan fingerprint density at radius 1 is 1.36 bits per heavy atom. The highest BCUT2D eigenvalue weighted by Gasteiger charge is 2.24. The Bertz CT molecular complexity index is 628. The van der Waals surface area contributed by atoms with E-state index >= 15 is 0 Å². The van der Waals surface area contributed by atoms with Crippen LogP contribution in [-0.4, -0.2) is 37.6 Å². The lowest BCUT2D eigenvalue weighted by Gasteiger charge is -2.33. The minimum absolute atomic E-state index is 0.0243. The van der Waals surface area contributed by atoms with Crippen molar-refractivity contribution in [2.75, 3.05) is 17.0 Å². The van der Waals surface area contributed by atoms with Crippen LogP contribution in [0, 0.1) is 0 Å². The maximum Gasteiger partial charge on any atom is 0.254 e. The van der Waals surface area contributed by atoms with Gasteiger partial charge in [-0.2, -0.15) is 0 Å². The molecule has 1 heterocycles. The molecule has 1 aliphatic rings. The van der Waals surface area contributed by atoms with Gasteiger partial charge >= 0.3 is 0 Å². The molecule has 0 aliphatic carbocycles. The second-order valence-corrected chi connectivity index (χ2v) is 7.69. The maximum atomic E-state index is 12.6. The first-order valence-corrected chi connectivity index (χ1v) is 9.49. The summed E-state index contributed by atoms with van der Waals surface area (Å²) in [7, 11) is -3.34. The molecule has 1 amide bonds. The SMILES string of the molecule is CCCS(=O)(=O)Nc1cccc(C(=O)N2CCCCC2C)c1. The molecule has 2 rings (SSSR count).